The van der Waals surface area contributed by atoms with E-state index in [9.17, 15) is 9.59 Å². The van der Waals surface area contributed by atoms with Gasteiger partial charge in [0.1, 0.15) is 11.3 Å². The highest BCUT2D eigenvalue weighted by Gasteiger charge is 2.49. The Hall–Kier alpha value is -1.62. The number of methoxy groups -OCH3 is 1. The third kappa shape index (κ3) is 1.36. The summed E-state index contributed by atoms with van der Waals surface area (Å²) in [6.07, 6.45) is 5.44. The van der Waals surface area contributed by atoms with E-state index >= 15 is 0 Å². The molecular formula is C11H13NO4. The molecule has 5 heteroatoms. The van der Waals surface area contributed by atoms with Crippen LogP contribution < -0.4 is 0 Å². The Morgan fingerprint density at radius 2 is 2.12 bits per heavy atom. The number of nitrogens with zero attached hydrogens (tertiary/aromatic N) is 1. The zero-order valence-corrected chi connectivity index (χ0v) is 9.23. The van der Waals surface area contributed by atoms with E-state index < -0.39 is 5.54 Å². The predicted octanol–water partition coefficient (Wildman–Crippen LogP) is 0.578. The molecule has 1 saturated heterocycles. The van der Waals surface area contributed by atoms with Gasteiger partial charge in [-0.2, -0.15) is 0 Å². The Morgan fingerprint density at radius 3 is 2.75 bits per heavy atom. The highest BCUT2D eigenvalue weighted by molar-refractivity contribution is 6.01. The fourth-order valence-corrected chi connectivity index (χ4v) is 2.20. The molecule has 1 fully saturated rings. The molecule has 16 heavy (non-hydrogen) atoms. The minimum atomic E-state index is -0.742. The van der Waals surface area contributed by atoms with Crippen LogP contribution in [0.1, 0.15) is 12.8 Å². The normalized spacial score (nSPS) is 28.9. The topological polar surface area (TPSA) is 55.8 Å². The lowest BCUT2D eigenvalue weighted by Gasteiger charge is -2.35. The zero-order chi connectivity index (χ0) is 11.8. The van der Waals surface area contributed by atoms with Crippen LogP contribution in [0.25, 0.3) is 0 Å². The van der Waals surface area contributed by atoms with Gasteiger partial charge in [0.05, 0.1) is 14.2 Å². The molecule has 1 spiro atoms. The molecule has 86 valence electrons. The van der Waals surface area contributed by atoms with E-state index in [4.69, 9.17) is 9.57 Å². The minimum Gasteiger partial charge on any atom is -0.498 e. The number of rotatable bonds is 2. The predicted molar refractivity (Wildman–Crippen MR) is 55.1 cm³/mol. The van der Waals surface area contributed by atoms with Crippen LogP contribution >= 0.6 is 0 Å². The first-order valence-corrected chi connectivity index (χ1v) is 5.00. The number of amides is 1. The SMILES string of the molecule is COC1=CC(=O)C=CC12CCC(=O)N2OC. The Balaban J connectivity index is 2.44. The molecule has 0 aromatic carbocycles. The summed E-state index contributed by atoms with van der Waals surface area (Å²) in [7, 11) is 2.92. The number of ketones is 1. The fraction of sp³-hybridized carbons (Fsp3) is 0.455. The monoisotopic (exact) mass is 223 g/mol. The maximum Gasteiger partial charge on any atom is 0.247 e. The second kappa shape index (κ2) is 3.75. The molecule has 1 heterocycles. The highest BCUT2D eigenvalue weighted by atomic mass is 16.7. The standard InChI is InChI=1S/C11H13NO4/c1-15-9-7-8(13)3-5-11(9)6-4-10(14)12(11)16-2/h3,5,7H,4,6H2,1-2H3. The van der Waals surface area contributed by atoms with Crippen molar-refractivity contribution < 1.29 is 19.2 Å². The van der Waals surface area contributed by atoms with E-state index in [1.54, 1.807) is 6.08 Å². The molecule has 0 saturated carbocycles. The summed E-state index contributed by atoms with van der Waals surface area (Å²) in [5.74, 6) is 0.204. The Morgan fingerprint density at radius 1 is 1.38 bits per heavy atom. The molecule has 2 aliphatic rings. The highest BCUT2D eigenvalue weighted by Crippen LogP contribution is 2.39. The van der Waals surface area contributed by atoms with Crippen LogP contribution in [0.5, 0.6) is 0 Å². The van der Waals surface area contributed by atoms with Crippen molar-refractivity contribution in [3.05, 3.63) is 24.0 Å². The van der Waals surface area contributed by atoms with Gasteiger partial charge >= 0.3 is 0 Å². The Kier molecular flexibility index (Phi) is 2.55. The van der Waals surface area contributed by atoms with E-state index in [1.807, 2.05) is 0 Å². The van der Waals surface area contributed by atoms with Gasteiger partial charge in [-0.05, 0) is 18.6 Å². The third-order valence-corrected chi connectivity index (χ3v) is 2.93. The molecule has 0 bridgehead atoms. The summed E-state index contributed by atoms with van der Waals surface area (Å²) in [5, 5.41) is 1.27. The van der Waals surface area contributed by atoms with Gasteiger partial charge in [0.15, 0.2) is 5.78 Å². The maximum atomic E-state index is 11.6. The summed E-state index contributed by atoms with van der Waals surface area (Å²) in [4.78, 5) is 28.0. The van der Waals surface area contributed by atoms with Crippen molar-refractivity contribution in [2.24, 2.45) is 0 Å². The van der Waals surface area contributed by atoms with Crippen molar-refractivity contribution >= 4 is 11.7 Å². The van der Waals surface area contributed by atoms with Crippen LogP contribution in [-0.4, -0.2) is 36.5 Å². The molecule has 5 nitrogen and oxygen atoms in total. The first-order valence-electron chi connectivity index (χ1n) is 5.00. The van der Waals surface area contributed by atoms with Crippen molar-refractivity contribution in [1.82, 2.24) is 5.06 Å². The number of hydrogen-bond acceptors (Lipinski definition) is 4. The number of ether oxygens (including phenoxy) is 1. The molecule has 1 atom stereocenters. The number of hydrogen-bond donors (Lipinski definition) is 0. The van der Waals surface area contributed by atoms with Gasteiger partial charge in [-0.1, -0.05) is 0 Å². The Bertz CT molecular complexity index is 399. The van der Waals surface area contributed by atoms with Gasteiger partial charge < -0.3 is 4.74 Å². The summed E-state index contributed by atoms with van der Waals surface area (Å²) in [5.41, 5.74) is -0.742. The van der Waals surface area contributed by atoms with Gasteiger partial charge in [0.25, 0.3) is 0 Å². The Labute approximate surface area is 93.3 Å². The van der Waals surface area contributed by atoms with Crippen molar-refractivity contribution in [2.75, 3.05) is 14.2 Å². The largest absolute Gasteiger partial charge is 0.498 e. The minimum absolute atomic E-state index is 0.107. The van der Waals surface area contributed by atoms with E-state index in [-0.39, 0.29) is 11.7 Å². The van der Waals surface area contributed by atoms with Gasteiger partial charge in [0.2, 0.25) is 5.91 Å². The zero-order valence-electron chi connectivity index (χ0n) is 9.23. The molecule has 1 amide bonds. The second-order valence-corrected chi connectivity index (χ2v) is 3.74. The molecule has 0 aromatic rings. The van der Waals surface area contributed by atoms with Crippen LogP contribution in [-0.2, 0) is 19.2 Å². The molecule has 0 N–H and O–H groups in total. The molecule has 1 aliphatic carbocycles. The summed E-state index contributed by atoms with van der Waals surface area (Å²) in [6.45, 7) is 0. The van der Waals surface area contributed by atoms with Gasteiger partial charge in [0, 0.05) is 12.5 Å². The molecule has 0 aromatic heterocycles. The summed E-state index contributed by atoms with van der Waals surface area (Å²) in [6, 6.07) is 0. The fourth-order valence-electron chi connectivity index (χ4n) is 2.20. The van der Waals surface area contributed by atoms with Crippen LogP contribution in [0.2, 0.25) is 0 Å². The molecular weight excluding hydrogens is 210 g/mol. The number of allylic oxidation sites excluding steroid dienone is 2. The maximum absolute atomic E-state index is 11.6. The average Bonchev–Trinajstić information content (AvgIpc) is 2.60. The summed E-state index contributed by atoms with van der Waals surface area (Å²) < 4.78 is 5.19. The van der Waals surface area contributed by atoms with Gasteiger partial charge in [-0.3, -0.25) is 14.4 Å². The van der Waals surface area contributed by atoms with Crippen LogP contribution in [0, 0.1) is 0 Å². The molecule has 1 aliphatic heterocycles. The van der Waals surface area contributed by atoms with E-state index in [2.05, 4.69) is 0 Å². The van der Waals surface area contributed by atoms with Crippen molar-refractivity contribution in [2.45, 2.75) is 18.4 Å². The van der Waals surface area contributed by atoms with E-state index in [0.29, 0.717) is 18.6 Å². The van der Waals surface area contributed by atoms with Crippen molar-refractivity contribution in [3.8, 4) is 0 Å². The smallest absolute Gasteiger partial charge is 0.247 e. The number of carbonyl (C=O) groups excluding carboxylic acids is 2. The molecule has 2 rings (SSSR count). The third-order valence-electron chi connectivity index (χ3n) is 2.93. The lowest BCUT2D eigenvalue weighted by atomic mass is 9.89. The van der Waals surface area contributed by atoms with Crippen molar-refractivity contribution in [1.29, 1.82) is 0 Å². The number of hydroxylamine groups is 2. The van der Waals surface area contributed by atoms with Crippen LogP contribution in [0.4, 0.5) is 0 Å². The van der Waals surface area contributed by atoms with Crippen LogP contribution in [0.15, 0.2) is 24.0 Å². The number of carbonyl (C=O) groups is 2. The second-order valence-electron chi connectivity index (χ2n) is 3.74. The quantitative estimate of drug-likeness (QED) is 0.687. The first kappa shape index (κ1) is 10.9. The lowest BCUT2D eigenvalue weighted by Crippen LogP contribution is -2.46. The van der Waals surface area contributed by atoms with E-state index in [1.165, 1.54) is 31.4 Å². The van der Waals surface area contributed by atoms with Crippen LogP contribution in [0.3, 0.4) is 0 Å². The average molecular weight is 223 g/mol. The van der Waals surface area contributed by atoms with Gasteiger partial charge in [-0.25, -0.2) is 5.06 Å². The molecule has 1 unspecified atom stereocenters. The van der Waals surface area contributed by atoms with E-state index in [0.717, 1.165) is 0 Å². The molecule has 0 radical (unpaired) electrons. The lowest BCUT2D eigenvalue weighted by molar-refractivity contribution is -0.187. The summed E-state index contributed by atoms with van der Waals surface area (Å²) >= 11 is 0. The first-order chi connectivity index (χ1) is 7.64. The van der Waals surface area contributed by atoms with Gasteiger partial charge in [-0.15, -0.1) is 0 Å². The van der Waals surface area contributed by atoms with Crippen molar-refractivity contribution in [3.63, 3.8) is 0 Å².